The number of likely N-dealkylation sites (N-methyl/N-ethyl adjacent to an activating group) is 1. The van der Waals surface area contributed by atoms with Gasteiger partial charge >= 0.3 is 0 Å². The van der Waals surface area contributed by atoms with E-state index >= 15 is 0 Å². The first kappa shape index (κ1) is 12.2. The van der Waals surface area contributed by atoms with Crippen LogP contribution in [0.3, 0.4) is 0 Å². The smallest absolute Gasteiger partial charge is 0.215 e. The van der Waals surface area contributed by atoms with Crippen molar-refractivity contribution in [3.8, 4) is 5.88 Å². The lowest BCUT2D eigenvalue weighted by Crippen LogP contribution is -2.22. The van der Waals surface area contributed by atoms with E-state index in [0.29, 0.717) is 6.04 Å². The summed E-state index contributed by atoms with van der Waals surface area (Å²) in [5.41, 5.74) is 0. The van der Waals surface area contributed by atoms with E-state index in [9.17, 15) is 0 Å². The maximum absolute atomic E-state index is 5.88. The van der Waals surface area contributed by atoms with E-state index in [1.807, 2.05) is 18.2 Å². The Hall–Kier alpha value is -1.29. The van der Waals surface area contributed by atoms with Gasteiger partial charge < -0.3 is 15.0 Å². The molecule has 4 heteroatoms. The molecule has 0 spiro atoms. The highest BCUT2D eigenvalue weighted by Crippen LogP contribution is 2.17. The van der Waals surface area contributed by atoms with Crippen LogP contribution in [0.1, 0.15) is 20.3 Å². The van der Waals surface area contributed by atoms with Crippen molar-refractivity contribution >= 4 is 5.82 Å². The fourth-order valence-electron chi connectivity index (χ4n) is 2.02. The lowest BCUT2D eigenvalue weighted by Gasteiger charge is -2.14. The zero-order chi connectivity index (χ0) is 12.3. The summed E-state index contributed by atoms with van der Waals surface area (Å²) < 4.78 is 5.88. The van der Waals surface area contributed by atoms with Gasteiger partial charge in [-0.2, -0.15) is 4.98 Å². The lowest BCUT2D eigenvalue weighted by molar-refractivity contribution is 0.200. The number of hydrogen-bond acceptors (Lipinski definition) is 4. The third kappa shape index (κ3) is 3.60. The molecule has 1 N–H and O–H groups in total. The number of anilines is 1. The van der Waals surface area contributed by atoms with Crippen molar-refractivity contribution in [3.05, 3.63) is 18.2 Å². The van der Waals surface area contributed by atoms with E-state index in [0.717, 1.165) is 31.2 Å². The molecule has 2 rings (SSSR count). The van der Waals surface area contributed by atoms with E-state index in [-0.39, 0.29) is 6.10 Å². The number of aromatic nitrogens is 1. The Labute approximate surface area is 103 Å². The Morgan fingerprint density at radius 1 is 1.47 bits per heavy atom. The van der Waals surface area contributed by atoms with Gasteiger partial charge in [0, 0.05) is 25.2 Å². The fourth-order valence-corrected chi connectivity index (χ4v) is 2.02. The van der Waals surface area contributed by atoms with Crippen LogP contribution in [0.4, 0.5) is 5.82 Å². The van der Waals surface area contributed by atoms with Crippen LogP contribution >= 0.6 is 0 Å². The van der Waals surface area contributed by atoms with Gasteiger partial charge in [0.25, 0.3) is 0 Å². The molecule has 0 unspecified atom stereocenters. The molecule has 0 aromatic carbocycles. The third-order valence-corrected chi connectivity index (χ3v) is 2.80. The second kappa shape index (κ2) is 5.36. The molecule has 1 aromatic rings. The van der Waals surface area contributed by atoms with Gasteiger partial charge in [0.1, 0.15) is 11.9 Å². The van der Waals surface area contributed by atoms with Crippen LogP contribution < -0.4 is 10.1 Å². The van der Waals surface area contributed by atoms with Crippen molar-refractivity contribution < 1.29 is 4.74 Å². The molecule has 1 aromatic heterocycles. The van der Waals surface area contributed by atoms with Crippen LogP contribution in [0, 0.1) is 0 Å². The Bertz CT molecular complexity index is 367. The van der Waals surface area contributed by atoms with E-state index in [1.54, 1.807) is 0 Å². The molecule has 4 nitrogen and oxygen atoms in total. The summed E-state index contributed by atoms with van der Waals surface area (Å²) in [5.74, 6) is 1.60. The van der Waals surface area contributed by atoms with Gasteiger partial charge in [-0.05, 0) is 33.4 Å². The molecule has 17 heavy (non-hydrogen) atoms. The third-order valence-electron chi connectivity index (χ3n) is 2.80. The van der Waals surface area contributed by atoms with E-state index in [2.05, 4.69) is 36.1 Å². The standard InChI is InChI=1S/C13H21N3O/c1-10(2)14-12-5-4-6-13(15-12)17-11-7-8-16(3)9-11/h4-6,10-11H,7-9H2,1-3H3,(H,14,15)/t11-/m1/s1. The summed E-state index contributed by atoms with van der Waals surface area (Å²) in [6.45, 7) is 6.29. The van der Waals surface area contributed by atoms with Gasteiger partial charge in [-0.15, -0.1) is 0 Å². The van der Waals surface area contributed by atoms with E-state index in [4.69, 9.17) is 4.74 Å². The van der Waals surface area contributed by atoms with Crippen molar-refractivity contribution in [2.75, 3.05) is 25.5 Å². The van der Waals surface area contributed by atoms with Gasteiger partial charge in [-0.25, -0.2) is 0 Å². The van der Waals surface area contributed by atoms with Crippen molar-refractivity contribution in [1.29, 1.82) is 0 Å². The van der Waals surface area contributed by atoms with Gasteiger partial charge in [0.2, 0.25) is 5.88 Å². The molecule has 1 aliphatic rings. The van der Waals surface area contributed by atoms with Gasteiger partial charge in [0.15, 0.2) is 0 Å². The lowest BCUT2D eigenvalue weighted by atomic mass is 10.3. The van der Waals surface area contributed by atoms with Crippen molar-refractivity contribution in [2.45, 2.75) is 32.4 Å². The van der Waals surface area contributed by atoms with Crippen LogP contribution in [0.25, 0.3) is 0 Å². The minimum Gasteiger partial charge on any atom is -0.473 e. The van der Waals surface area contributed by atoms with Gasteiger partial charge in [-0.3, -0.25) is 0 Å². The number of likely N-dealkylation sites (tertiary alicyclic amines) is 1. The molecule has 1 aliphatic heterocycles. The number of nitrogens with one attached hydrogen (secondary N) is 1. The maximum Gasteiger partial charge on any atom is 0.215 e. The number of hydrogen-bond donors (Lipinski definition) is 1. The summed E-state index contributed by atoms with van der Waals surface area (Å²) in [6.07, 6.45) is 1.36. The molecular formula is C13H21N3O. The molecule has 0 saturated carbocycles. The van der Waals surface area contributed by atoms with E-state index < -0.39 is 0 Å². The number of rotatable bonds is 4. The Kier molecular flexibility index (Phi) is 3.84. The zero-order valence-electron chi connectivity index (χ0n) is 10.8. The second-order valence-electron chi connectivity index (χ2n) is 4.95. The molecular weight excluding hydrogens is 214 g/mol. The summed E-state index contributed by atoms with van der Waals surface area (Å²) in [5, 5.41) is 3.28. The number of pyridine rings is 1. The SMILES string of the molecule is CC(C)Nc1cccc(O[C@@H]2CCN(C)C2)n1. The van der Waals surface area contributed by atoms with Crippen molar-refractivity contribution in [1.82, 2.24) is 9.88 Å². The highest BCUT2D eigenvalue weighted by molar-refractivity contribution is 5.37. The first-order valence-corrected chi connectivity index (χ1v) is 6.22. The highest BCUT2D eigenvalue weighted by atomic mass is 16.5. The maximum atomic E-state index is 5.88. The normalized spacial score (nSPS) is 20.8. The minimum absolute atomic E-state index is 0.279. The second-order valence-corrected chi connectivity index (χ2v) is 4.95. The highest BCUT2D eigenvalue weighted by Gasteiger charge is 2.21. The average molecular weight is 235 g/mol. The van der Waals surface area contributed by atoms with Crippen LogP contribution in [0.15, 0.2) is 18.2 Å². The van der Waals surface area contributed by atoms with E-state index in [1.165, 1.54) is 0 Å². The van der Waals surface area contributed by atoms with Crippen LogP contribution in [-0.2, 0) is 0 Å². The number of ether oxygens (including phenoxy) is 1. The van der Waals surface area contributed by atoms with Crippen LogP contribution in [-0.4, -0.2) is 42.2 Å². The summed E-state index contributed by atoms with van der Waals surface area (Å²) in [4.78, 5) is 6.73. The van der Waals surface area contributed by atoms with Crippen LogP contribution in [0.2, 0.25) is 0 Å². The molecule has 1 saturated heterocycles. The first-order valence-electron chi connectivity index (χ1n) is 6.22. The van der Waals surface area contributed by atoms with Crippen LogP contribution in [0.5, 0.6) is 5.88 Å². The molecule has 1 atom stereocenters. The minimum atomic E-state index is 0.279. The van der Waals surface area contributed by atoms with Gasteiger partial charge in [-0.1, -0.05) is 6.07 Å². The number of nitrogens with zero attached hydrogens (tertiary/aromatic N) is 2. The van der Waals surface area contributed by atoms with Crippen molar-refractivity contribution in [2.24, 2.45) is 0 Å². The molecule has 1 fully saturated rings. The molecule has 0 radical (unpaired) electrons. The quantitative estimate of drug-likeness (QED) is 0.866. The fraction of sp³-hybridized carbons (Fsp3) is 0.615. The predicted molar refractivity (Wildman–Crippen MR) is 69.5 cm³/mol. The molecule has 0 bridgehead atoms. The topological polar surface area (TPSA) is 37.4 Å². The Morgan fingerprint density at radius 2 is 2.29 bits per heavy atom. The molecule has 2 heterocycles. The predicted octanol–water partition coefficient (Wildman–Crippen LogP) is 1.98. The van der Waals surface area contributed by atoms with Gasteiger partial charge in [0.05, 0.1) is 0 Å². The summed E-state index contributed by atoms with van der Waals surface area (Å²) in [6, 6.07) is 6.25. The Balaban J connectivity index is 1.96. The molecule has 0 amide bonds. The first-order chi connectivity index (χ1) is 8.13. The molecule has 0 aliphatic carbocycles. The molecule has 94 valence electrons. The Morgan fingerprint density at radius 3 is 2.94 bits per heavy atom. The largest absolute Gasteiger partial charge is 0.473 e. The summed E-state index contributed by atoms with van der Waals surface area (Å²) >= 11 is 0. The monoisotopic (exact) mass is 235 g/mol. The zero-order valence-corrected chi connectivity index (χ0v) is 10.8. The van der Waals surface area contributed by atoms with Crippen molar-refractivity contribution in [3.63, 3.8) is 0 Å². The summed E-state index contributed by atoms with van der Waals surface area (Å²) in [7, 11) is 2.12. The average Bonchev–Trinajstić information content (AvgIpc) is 2.63.